The van der Waals surface area contributed by atoms with Crippen molar-refractivity contribution in [2.45, 2.75) is 5.54 Å². The van der Waals surface area contributed by atoms with Crippen LogP contribution in [0.5, 0.6) is 0 Å². The van der Waals surface area contributed by atoms with Crippen LogP contribution in [0.15, 0.2) is 18.2 Å². The second-order valence-electron chi connectivity index (χ2n) is 3.36. The zero-order chi connectivity index (χ0) is 9.47. The molecule has 2 rings (SSSR count). The van der Waals surface area contributed by atoms with Gasteiger partial charge < -0.3 is 11.1 Å². The average Bonchev–Trinajstić information content (AvgIpc) is 2.06. The summed E-state index contributed by atoms with van der Waals surface area (Å²) < 4.78 is 13.5. The van der Waals surface area contributed by atoms with Gasteiger partial charge in [-0.3, -0.25) is 0 Å². The molecular formula is C9H11Cl2FN2. The fourth-order valence-electron chi connectivity index (χ4n) is 1.47. The molecule has 0 bridgehead atoms. The maximum Gasteiger partial charge on any atom is 0.146 e. The standard InChI is InChI=1S/C9H10ClFN2.ClH/c10-7-3-1-2-6(8(7)11)9(12)4-13-5-9;/h1-3,13H,4-5,12H2;1H. The molecule has 1 saturated heterocycles. The van der Waals surface area contributed by atoms with Crippen molar-refractivity contribution < 1.29 is 4.39 Å². The van der Waals surface area contributed by atoms with Crippen LogP contribution in [0, 0.1) is 5.82 Å². The minimum atomic E-state index is -0.574. The summed E-state index contributed by atoms with van der Waals surface area (Å²) >= 11 is 5.65. The predicted octanol–water partition coefficient (Wildman–Crippen LogP) is 1.66. The Kier molecular flexibility index (Phi) is 3.37. The number of rotatable bonds is 1. The number of nitrogens with one attached hydrogen (secondary N) is 1. The lowest BCUT2D eigenvalue weighted by Gasteiger charge is -2.39. The fraction of sp³-hybridized carbons (Fsp3) is 0.333. The first-order valence-electron chi connectivity index (χ1n) is 4.07. The van der Waals surface area contributed by atoms with Crippen LogP contribution in [0.2, 0.25) is 5.02 Å². The minimum absolute atomic E-state index is 0. The Hall–Kier alpha value is -0.350. The van der Waals surface area contributed by atoms with Gasteiger partial charge in [0.05, 0.1) is 10.6 Å². The highest BCUT2D eigenvalue weighted by Crippen LogP contribution is 2.28. The summed E-state index contributed by atoms with van der Waals surface area (Å²) in [5, 5.41) is 3.15. The van der Waals surface area contributed by atoms with Crippen LogP contribution in [-0.2, 0) is 5.54 Å². The summed E-state index contributed by atoms with van der Waals surface area (Å²) in [5.74, 6) is -0.395. The van der Waals surface area contributed by atoms with E-state index in [1.165, 1.54) is 6.07 Å². The molecule has 78 valence electrons. The van der Waals surface area contributed by atoms with Crippen molar-refractivity contribution in [2.24, 2.45) is 5.73 Å². The first kappa shape index (κ1) is 11.7. The van der Waals surface area contributed by atoms with Crippen LogP contribution in [0.1, 0.15) is 5.56 Å². The number of nitrogens with two attached hydrogens (primary N) is 1. The second-order valence-corrected chi connectivity index (χ2v) is 3.77. The molecule has 0 unspecified atom stereocenters. The van der Waals surface area contributed by atoms with Crippen LogP contribution in [-0.4, -0.2) is 13.1 Å². The predicted molar refractivity (Wildman–Crippen MR) is 57.4 cm³/mol. The highest BCUT2D eigenvalue weighted by molar-refractivity contribution is 6.30. The Morgan fingerprint density at radius 2 is 2.07 bits per heavy atom. The fourth-order valence-corrected chi connectivity index (χ4v) is 1.65. The van der Waals surface area contributed by atoms with Crippen molar-refractivity contribution in [3.63, 3.8) is 0 Å². The highest BCUT2D eigenvalue weighted by atomic mass is 35.5. The molecule has 5 heteroatoms. The average molecular weight is 237 g/mol. The van der Waals surface area contributed by atoms with E-state index >= 15 is 0 Å². The summed E-state index contributed by atoms with van der Waals surface area (Å²) in [7, 11) is 0. The van der Waals surface area contributed by atoms with Crippen LogP contribution in [0.25, 0.3) is 0 Å². The molecule has 0 atom stereocenters. The number of benzene rings is 1. The number of halogens is 3. The quantitative estimate of drug-likeness (QED) is 0.779. The van der Waals surface area contributed by atoms with Gasteiger partial charge in [0.25, 0.3) is 0 Å². The molecule has 0 amide bonds. The van der Waals surface area contributed by atoms with E-state index in [-0.39, 0.29) is 17.4 Å². The van der Waals surface area contributed by atoms with Gasteiger partial charge in [0.2, 0.25) is 0 Å². The summed E-state index contributed by atoms with van der Waals surface area (Å²) in [4.78, 5) is 0. The van der Waals surface area contributed by atoms with Crippen LogP contribution >= 0.6 is 24.0 Å². The molecule has 1 fully saturated rings. The smallest absolute Gasteiger partial charge is 0.146 e. The normalized spacial score (nSPS) is 18.2. The SMILES string of the molecule is Cl.NC1(c2cccc(Cl)c2F)CNC1. The second kappa shape index (κ2) is 4.03. The van der Waals surface area contributed by atoms with Crippen molar-refractivity contribution in [1.82, 2.24) is 5.32 Å². The van der Waals surface area contributed by atoms with Crippen molar-refractivity contribution in [1.29, 1.82) is 0 Å². The lowest BCUT2D eigenvalue weighted by Crippen LogP contribution is -2.63. The maximum atomic E-state index is 13.5. The Balaban J connectivity index is 0.000000980. The zero-order valence-corrected chi connectivity index (χ0v) is 8.96. The molecule has 14 heavy (non-hydrogen) atoms. The minimum Gasteiger partial charge on any atom is -0.319 e. The van der Waals surface area contributed by atoms with Gasteiger partial charge in [-0.25, -0.2) is 4.39 Å². The Labute approximate surface area is 93.0 Å². The maximum absolute atomic E-state index is 13.5. The summed E-state index contributed by atoms with van der Waals surface area (Å²) in [5.41, 5.74) is 5.86. The lowest BCUT2D eigenvalue weighted by molar-refractivity contribution is 0.278. The van der Waals surface area contributed by atoms with Crippen LogP contribution in [0.3, 0.4) is 0 Å². The molecule has 1 aliphatic heterocycles. The first-order valence-corrected chi connectivity index (χ1v) is 4.45. The molecule has 0 aliphatic carbocycles. The van der Waals surface area contributed by atoms with E-state index < -0.39 is 11.4 Å². The lowest BCUT2D eigenvalue weighted by atomic mass is 9.85. The van der Waals surface area contributed by atoms with Gasteiger partial charge >= 0.3 is 0 Å². The van der Waals surface area contributed by atoms with Crippen molar-refractivity contribution in [3.8, 4) is 0 Å². The van der Waals surface area contributed by atoms with Gasteiger partial charge in [0, 0.05) is 18.7 Å². The van der Waals surface area contributed by atoms with Gasteiger partial charge in [0.15, 0.2) is 0 Å². The van der Waals surface area contributed by atoms with E-state index in [0.717, 1.165) is 0 Å². The van der Waals surface area contributed by atoms with Gasteiger partial charge in [-0.1, -0.05) is 23.7 Å². The van der Waals surface area contributed by atoms with E-state index in [1.807, 2.05) is 0 Å². The van der Waals surface area contributed by atoms with Crippen LogP contribution < -0.4 is 11.1 Å². The third kappa shape index (κ3) is 1.73. The molecule has 1 heterocycles. The topological polar surface area (TPSA) is 38.0 Å². The monoisotopic (exact) mass is 236 g/mol. The van der Waals surface area contributed by atoms with Gasteiger partial charge in [0.1, 0.15) is 5.82 Å². The molecule has 0 aromatic heterocycles. The highest BCUT2D eigenvalue weighted by Gasteiger charge is 2.36. The Morgan fingerprint density at radius 3 is 2.57 bits per heavy atom. The third-order valence-electron chi connectivity index (χ3n) is 2.37. The number of hydrogen-bond donors (Lipinski definition) is 2. The molecule has 3 N–H and O–H groups in total. The third-order valence-corrected chi connectivity index (χ3v) is 2.66. The van der Waals surface area contributed by atoms with E-state index in [1.54, 1.807) is 12.1 Å². The molecule has 1 aromatic carbocycles. The van der Waals surface area contributed by atoms with Crippen molar-refractivity contribution in [3.05, 3.63) is 34.6 Å². The summed E-state index contributed by atoms with van der Waals surface area (Å²) in [6.07, 6.45) is 0. The molecule has 0 spiro atoms. The molecule has 0 radical (unpaired) electrons. The van der Waals surface area contributed by atoms with E-state index in [4.69, 9.17) is 17.3 Å². The van der Waals surface area contributed by atoms with Gasteiger partial charge in [-0.05, 0) is 6.07 Å². The summed E-state index contributed by atoms with van der Waals surface area (Å²) in [6.45, 7) is 1.20. The first-order chi connectivity index (χ1) is 6.13. The van der Waals surface area contributed by atoms with Crippen LogP contribution in [0.4, 0.5) is 4.39 Å². The van der Waals surface area contributed by atoms with Gasteiger partial charge in [-0.2, -0.15) is 0 Å². The van der Waals surface area contributed by atoms with Crippen molar-refractivity contribution >= 4 is 24.0 Å². The van der Waals surface area contributed by atoms with E-state index in [2.05, 4.69) is 5.32 Å². The van der Waals surface area contributed by atoms with Gasteiger partial charge in [-0.15, -0.1) is 12.4 Å². The molecule has 0 saturated carbocycles. The van der Waals surface area contributed by atoms with Crippen molar-refractivity contribution in [2.75, 3.05) is 13.1 Å². The van der Waals surface area contributed by atoms with E-state index in [9.17, 15) is 4.39 Å². The molecule has 1 aliphatic rings. The molecular weight excluding hydrogens is 226 g/mol. The summed E-state index contributed by atoms with van der Waals surface area (Å²) in [6, 6.07) is 4.92. The Morgan fingerprint density at radius 1 is 1.43 bits per heavy atom. The molecule has 1 aromatic rings. The number of hydrogen-bond acceptors (Lipinski definition) is 2. The Bertz CT molecular complexity index is 340. The zero-order valence-electron chi connectivity index (χ0n) is 7.39. The van der Waals surface area contributed by atoms with E-state index in [0.29, 0.717) is 18.7 Å². The molecule has 2 nitrogen and oxygen atoms in total. The largest absolute Gasteiger partial charge is 0.319 e.